The fourth-order valence-electron chi connectivity index (χ4n) is 2.13. The van der Waals surface area contributed by atoms with Gasteiger partial charge in [0.05, 0.1) is 16.3 Å². The van der Waals surface area contributed by atoms with Crippen LogP contribution >= 0.6 is 0 Å². The molecule has 0 aromatic carbocycles. The van der Waals surface area contributed by atoms with Crippen LogP contribution in [0.3, 0.4) is 0 Å². The second kappa shape index (κ2) is 5.09. The topological polar surface area (TPSA) is 71.5 Å². The van der Waals surface area contributed by atoms with Crippen molar-refractivity contribution in [2.75, 3.05) is 19.3 Å². The SMILES string of the molecule is CCC(C)(C)S(=O)(=O)C1CCN(S(C)(=O)=O)CC1. The smallest absolute Gasteiger partial charge is 0.211 e. The Morgan fingerprint density at radius 3 is 1.89 bits per heavy atom. The summed E-state index contributed by atoms with van der Waals surface area (Å²) in [5.74, 6) is 0. The average molecular weight is 297 g/mol. The van der Waals surface area contributed by atoms with Crippen molar-refractivity contribution in [3.05, 3.63) is 0 Å². The van der Waals surface area contributed by atoms with Crippen molar-refractivity contribution in [1.82, 2.24) is 4.31 Å². The molecule has 18 heavy (non-hydrogen) atoms. The molecular weight excluding hydrogens is 274 g/mol. The Kier molecular flexibility index (Phi) is 4.50. The van der Waals surface area contributed by atoms with Gasteiger partial charge in [-0.25, -0.2) is 21.1 Å². The van der Waals surface area contributed by atoms with Gasteiger partial charge in [0.15, 0.2) is 9.84 Å². The maximum absolute atomic E-state index is 12.4. The first-order valence-corrected chi connectivity index (χ1v) is 9.60. The number of hydrogen-bond acceptors (Lipinski definition) is 4. The van der Waals surface area contributed by atoms with Gasteiger partial charge in [-0.3, -0.25) is 0 Å². The van der Waals surface area contributed by atoms with E-state index in [1.807, 2.05) is 6.92 Å². The molecule has 5 nitrogen and oxygen atoms in total. The lowest BCUT2D eigenvalue weighted by atomic mass is 10.1. The first-order valence-electron chi connectivity index (χ1n) is 6.21. The van der Waals surface area contributed by atoms with Crippen LogP contribution in [0.4, 0.5) is 0 Å². The minimum absolute atomic E-state index is 0.308. The van der Waals surface area contributed by atoms with Crippen LogP contribution < -0.4 is 0 Å². The number of sulfonamides is 1. The van der Waals surface area contributed by atoms with Crippen LogP contribution in [0.25, 0.3) is 0 Å². The third-order valence-corrected chi connectivity index (χ3v) is 8.41. The van der Waals surface area contributed by atoms with Crippen molar-refractivity contribution in [2.24, 2.45) is 0 Å². The van der Waals surface area contributed by atoms with Gasteiger partial charge >= 0.3 is 0 Å². The Labute approximate surface area is 111 Å². The molecule has 1 aliphatic heterocycles. The van der Waals surface area contributed by atoms with E-state index in [2.05, 4.69) is 0 Å². The van der Waals surface area contributed by atoms with Crippen LogP contribution in [-0.2, 0) is 19.9 Å². The van der Waals surface area contributed by atoms with Gasteiger partial charge in [-0.1, -0.05) is 6.92 Å². The monoisotopic (exact) mass is 297 g/mol. The Bertz CT molecular complexity index is 485. The van der Waals surface area contributed by atoms with Gasteiger partial charge in [-0.2, -0.15) is 0 Å². The molecule has 1 aliphatic rings. The van der Waals surface area contributed by atoms with Gasteiger partial charge in [-0.15, -0.1) is 0 Å². The highest BCUT2D eigenvalue weighted by Crippen LogP contribution is 2.30. The third-order valence-electron chi connectivity index (χ3n) is 3.93. The molecule has 0 spiro atoms. The van der Waals surface area contributed by atoms with E-state index in [0.717, 1.165) is 6.26 Å². The number of piperidine rings is 1. The molecular formula is C11H23NO4S2. The molecule has 0 aromatic heterocycles. The first-order chi connectivity index (χ1) is 8.02. The second-order valence-electron chi connectivity index (χ2n) is 5.52. The molecule has 0 N–H and O–H groups in total. The van der Waals surface area contributed by atoms with Gasteiger partial charge in [0.25, 0.3) is 0 Å². The molecule has 0 saturated carbocycles. The maximum atomic E-state index is 12.4. The van der Waals surface area contributed by atoms with E-state index in [0.29, 0.717) is 32.4 Å². The quantitative estimate of drug-likeness (QED) is 0.776. The molecule has 108 valence electrons. The summed E-state index contributed by atoms with van der Waals surface area (Å²) in [6.45, 7) is 5.96. The summed E-state index contributed by atoms with van der Waals surface area (Å²) in [5.41, 5.74) is 0. The Hall–Kier alpha value is -0.140. The molecule has 0 amide bonds. The maximum Gasteiger partial charge on any atom is 0.211 e. The van der Waals surface area contributed by atoms with E-state index in [9.17, 15) is 16.8 Å². The molecule has 0 unspecified atom stereocenters. The minimum atomic E-state index is -3.20. The summed E-state index contributed by atoms with van der Waals surface area (Å²) < 4.78 is 48.2. The van der Waals surface area contributed by atoms with Crippen LogP contribution in [0.2, 0.25) is 0 Å². The third kappa shape index (κ3) is 3.05. The summed E-state index contributed by atoms with van der Waals surface area (Å²) in [6.07, 6.45) is 2.54. The van der Waals surface area contributed by atoms with Crippen molar-refractivity contribution in [3.63, 3.8) is 0 Å². The van der Waals surface area contributed by atoms with Gasteiger partial charge in [0, 0.05) is 13.1 Å². The molecule has 0 radical (unpaired) electrons. The van der Waals surface area contributed by atoms with E-state index < -0.39 is 29.9 Å². The van der Waals surface area contributed by atoms with E-state index >= 15 is 0 Å². The van der Waals surface area contributed by atoms with Crippen molar-refractivity contribution in [1.29, 1.82) is 0 Å². The highest BCUT2D eigenvalue weighted by Gasteiger charge is 2.41. The van der Waals surface area contributed by atoms with Crippen molar-refractivity contribution >= 4 is 19.9 Å². The van der Waals surface area contributed by atoms with Crippen molar-refractivity contribution < 1.29 is 16.8 Å². The molecule has 1 rings (SSSR count). The molecule has 7 heteroatoms. The van der Waals surface area contributed by atoms with Crippen molar-refractivity contribution in [2.45, 2.75) is 50.0 Å². The Balaban J connectivity index is 2.81. The largest absolute Gasteiger partial charge is 0.228 e. The predicted molar refractivity (Wildman–Crippen MR) is 72.7 cm³/mol. The first kappa shape index (κ1) is 15.9. The van der Waals surface area contributed by atoms with Crippen LogP contribution in [-0.4, -0.2) is 50.5 Å². The van der Waals surface area contributed by atoms with Gasteiger partial charge in [-0.05, 0) is 33.1 Å². The number of hydrogen-bond donors (Lipinski definition) is 0. The van der Waals surface area contributed by atoms with Crippen LogP contribution in [0.1, 0.15) is 40.0 Å². The molecule has 0 atom stereocenters. The molecule has 1 saturated heterocycles. The fourth-order valence-corrected chi connectivity index (χ4v) is 5.14. The Morgan fingerprint density at radius 1 is 1.11 bits per heavy atom. The lowest BCUT2D eigenvalue weighted by molar-refractivity contribution is 0.345. The molecule has 1 heterocycles. The van der Waals surface area contributed by atoms with Crippen LogP contribution in [0.15, 0.2) is 0 Å². The summed E-state index contributed by atoms with van der Waals surface area (Å²) in [7, 11) is -6.40. The zero-order valence-corrected chi connectivity index (χ0v) is 13.1. The number of sulfone groups is 1. The normalized spacial score (nSPS) is 21.1. The average Bonchev–Trinajstić information content (AvgIpc) is 2.27. The highest BCUT2D eigenvalue weighted by atomic mass is 32.2. The van der Waals surface area contributed by atoms with Gasteiger partial charge in [0.1, 0.15) is 0 Å². The standard InChI is InChI=1S/C11H23NO4S2/c1-5-11(2,3)18(15,16)10-6-8-12(9-7-10)17(4,13)14/h10H,5-9H2,1-4H3. The van der Waals surface area contributed by atoms with Crippen LogP contribution in [0.5, 0.6) is 0 Å². The molecule has 1 fully saturated rings. The summed E-state index contributed by atoms with van der Waals surface area (Å²) in [6, 6.07) is 0. The fraction of sp³-hybridized carbons (Fsp3) is 1.00. The summed E-state index contributed by atoms with van der Waals surface area (Å²) in [4.78, 5) is 0. The van der Waals surface area contributed by atoms with Crippen LogP contribution in [0, 0.1) is 0 Å². The second-order valence-corrected chi connectivity index (χ2v) is 10.4. The van der Waals surface area contributed by atoms with E-state index in [1.54, 1.807) is 13.8 Å². The number of nitrogens with zero attached hydrogens (tertiary/aromatic N) is 1. The van der Waals surface area contributed by atoms with E-state index in [1.165, 1.54) is 4.31 Å². The summed E-state index contributed by atoms with van der Waals surface area (Å²) in [5, 5.41) is -0.412. The number of rotatable bonds is 4. The highest BCUT2D eigenvalue weighted by molar-refractivity contribution is 7.93. The molecule has 0 bridgehead atoms. The van der Waals surface area contributed by atoms with Gasteiger partial charge in [0.2, 0.25) is 10.0 Å². The Morgan fingerprint density at radius 2 is 1.56 bits per heavy atom. The zero-order chi connectivity index (χ0) is 14.2. The van der Waals surface area contributed by atoms with E-state index in [4.69, 9.17) is 0 Å². The van der Waals surface area contributed by atoms with Gasteiger partial charge < -0.3 is 0 Å². The van der Waals surface area contributed by atoms with Crippen molar-refractivity contribution in [3.8, 4) is 0 Å². The molecule has 0 aliphatic carbocycles. The minimum Gasteiger partial charge on any atom is -0.228 e. The van der Waals surface area contributed by atoms with E-state index in [-0.39, 0.29) is 0 Å². The zero-order valence-electron chi connectivity index (χ0n) is 11.5. The lowest BCUT2D eigenvalue weighted by Crippen LogP contribution is -2.47. The summed E-state index contributed by atoms with van der Waals surface area (Å²) >= 11 is 0. The lowest BCUT2D eigenvalue weighted by Gasteiger charge is -2.34. The predicted octanol–water partition coefficient (Wildman–Crippen LogP) is 1.01. The molecule has 0 aromatic rings.